The van der Waals surface area contributed by atoms with Crippen molar-refractivity contribution >= 4 is 27.6 Å². The van der Waals surface area contributed by atoms with Gasteiger partial charge in [-0.05, 0) is 54.3 Å². The maximum atomic E-state index is 13.6. The molecule has 3 aromatic rings. The third-order valence-electron chi connectivity index (χ3n) is 7.33. The molecule has 3 aromatic carbocycles. The number of benzene rings is 3. The lowest BCUT2D eigenvalue weighted by Gasteiger charge is -2.34. The van der Waals surface area contributed by atoms with Crippen LogP contribution in [0.3, 0.4) is 0 Å². The first-order chi connectivity index (χ1) is 17.1. The van der Waals surface area contributed by atoms with Crippen LogP contribution in [0, 0.1) is 0 Å². The second-order valence-electron chi connectivity index (χ2n) is 10.2. The van der Waals surface area contributed by atoms with Gasteiger partial charge in [-0.3, -0.25) is 0 Å². The van der Waals surface area contributed by atoms with Crippen molar-refractivity contribution in [3.63, 3.8) is 0 Å². The van der Waals surface area contributed by atoms with E-state index in [4.69, 9.17) is 4.74 Å². The number of unbranched alkanes of at least 4 members (excludes halogenated alkanes) is 6. The fourth-order valence-corrected chi connectivity index (χ4v) is 5.28. The fourth-order valence-electron chi connectivity index (χ4n) is 5.28. The minimum absolute atomic E-state index is 0.173. The highest BCUT2D eigenvalue weighted by molar-refractivity contribution is 6.02. The lowest BCUT2D eigenvalue weighted by molar-refractivity contribution is 0.0631. The van der Waals surface area contributed by atoms with Gasteiger partial charge in [-0.25, -0.2) is 4.79 Å². The molecule has 0 aliphatic carbocycles. The molecule has 0 aromatic heterocycles. The van der Waals surface area contributed by atoms with Crippen molar-refractivity contribution < 1.29 is 9.53 Å². The third kappa shape index (κ3) is 7.46. The molecule has 3 nitrogen and oxygen atoms in total. The Kier molecular flexibility index (Phi) is 10.9. The highest BCUT2D eigenvalue weighted by Gasteiger charge is 2.27. The van der Waals surface area contributed by atoms with Crippen molar-refractivity contribution in [3.8, 4) is 0 Å². The third-order valence-corrected chi connectivity index (χ3v) is 7.33. The first kappa shape index (κ1) is 27.0. The molecule has 35 heavy (non-hydrogen) atoms. The zero-order valence-electron chi connectivity index (χ0n) is 22.4. The van der Waals surface area contributed by atoms with Crippen LogP contribution in [0.25, 0.3) is 21.5 Å². The summed E-state index contributed by atoms with van der Waals surface area (Å²) in [4.78, 5) is 15.6. The van der Waals surface area contributed by atoms with Gasteiger partial charge in [0.25, 0.3) is 0 Å². The second kappa shape index (κ2) is 14.1. The Balaban J connectivity index is 1.77. The molecule has 1 amide bonds. The SMILES string of the molecule is CCCCCCC(C)N(C(=O)OCc1c2ccccc2cc2ccccc12)C(C)CCCCCC. The van der Waals surface area contributed by atoms with Gasteiger partial charge in [-0.15, -0.1) is 0 Å². The topological polar surface area (TPSA) is 29.5 Å². The van der Waals surface area contributed by atoms with Crippen molar-refractivity contribution in [2.24, 2.45) is 0 Å². The smallest absolute Gasteiger partial charge is 0.410 e. The van der Waals surface area contributed by atoms with Crippen LogP contribution in [-0.2, 0) is 11.3 Å². The number of ether oxygens (including phenoxy) is 1. The lowest BCUT2D eigenvalue weighted by Crippen LogP contribution is -2.45. The summed E-state index contributed by atoms with van der Waals surface area (Å²) in [7, 11) is 0. The van der Waals surface area contributed by atoms with Crippen molar-refractivity contribution in [2.75, 3.05) is 0 Å². The van der Waals surface area contributed by atoms with E-state index in [0.717, 1.165) is 42.0 Å². The lowest BCUT2D eigenvalue weighted by atomic mass is 9.97. The van der Waals surface area contributed by atoms with E-state index in [0.29, 0.717) is 6.61 Å². The molecule has 0 spiro atoms. The van der Waals surface area contributed by atoms with E-state index in [1.807, 2.05) is 4.90 Å². The highest BCUT2D eigenvalue weighted by Crippen LogP contribution is 2.29. The van der Waals surface area contributed by atoms with E-state index in [9.17, 15) is 4.79 Å². The normalized spacial score (nSPS) is 13.1. The molecule has 2 unspecified atom stereocenters. The molecular weight excluding hydrogens is 430 g/mol. The number of hydrogen-bond donors (Lipinski definition) is 0. The van der Waals surface area contributed by atoms with Gasteiger partial charge in [0.15, 0.2) is 0 Å². The van der Waals surface area contributed by atoms with E-state index < -0.39 is 0 Å². The molecule has 190 valence electrons. The van der Waals surface area contributed by atoms with Crippen LogP contribution in [-0.4, -0.2) is 23.1 Å². The van der Waals surface area contributed by atoms with Crippen LogP contribution in [0.1, 0.15) is 97.5 Å². The average molecular weight is 476 g/mol. The summed E-state index contributed by atoms with van der Waals surface area (Å²) in [5, 5.41) is 4.68. The molecule has 0 saturated heterocycles. The van der Waals surface area contributed by atoms with Crippen molar-refractivity contribution in [3.05, 3.63) is 60.2 Å². The molecule has 0 fully saturated rings. The van der Waals surface area contributed by atoms with Gasteiger partial charge < -0.3 is 9.64 Å². The quantitative estimate of drug-likeness (QED) is 0.171. The molecular formula is C32H45NO2. The van der Waals surface area contributed by atoms with Crippen molar-refractivity contribution in [1.29, 1.82) is 0 Å². The summed E-state index contributed by atoms with van der Waals surface area (Å²) in [5.74, 6) is 0. The Bertz CT molecular complexity index is 988. The standard InChI is InChI=1S/C32H45NO2/c1-5-7-9-11-17-25(3)33(26(4)18-12-10-8-6-2)32(34)35-24-31-29-21-15-13-19-27(29)23-28-20-14-16-22-30(28)31/h13-16,19-23,25-26H,5-12,17-18,24H2,1-4H3. The van der Waals surface area contributed by atoms with Gasteiger partial charge in [0.2, 0.25) is 0 Å². The fraction of sp³-hybridized carbons (Fsp3) is 0.531. The molecule has 0 bridgehead atoms. The summed E-state index contributed by atoms with van der Waals surface area (Å²) < 4.78 is 6.09. The number of amides is 1. The van der Waals surface area contributed by atoms with Crippen molar-refractivity contribution in [2.45, 2.75) is 111 Å². The first-order valence-corrected chi connectivity index (χ1v) is 13.9. The minimum atomic E-state index is -0.173. The van der Waals surface area contributed by atoms with Gasteiger partial charge >= 0.3 is 6.09 Å². The number of fused-ring (bicyclic) bond motifs is 2. The molecule has 0 radical (unpaired) electrons. The molecule has 0 aliphatic heterocycles. The van der Waals surface area contributed by atoms with Gasteiger partial charge in [0, 0.05) is 17.6 Å². The molecule has 0 N–H and O–H groups in total. The van der Waals surface area contributed by atoms with E-state index in [-0.39, 0.29) is 18.2 Å². The molecule has 0 aliphatic rings. The van der Waals surface area contributed by atoms with Crippen LogP contribution >= 0.6 is 0 Å². The van der Waals surface area contributed by atoms with Gasteiger partial charge in [-0.1, -0.05) is 114 Å². The van der Waals surface area contributed by atoms with Crippen LogP contribution in [0.2, 0.25) is 0 Å². The van der Waals surface area contributed by atoms with Crippen LogP contribution in [0.4, 0.5) is 4.79 Å². The van der Waals surface area contributed by atoms with Gasteiger partial charge in [-0.2, -0.15) is 0 Å². The van der Waals surface area contributed by atoms with E-state index in [2.05, 4.69) is 82.3 Å². The average Bonchev–Trinajstić information content (AvgIpc) is 2.87. The molecule has 3 heteroatoms. The maximum Gasteiger partial charge on any atom is 0.410 e. The Labute approximate surface area is 212 Å². The monoisotopic (exact) mass is 475 g/mol. The number of carbonyl (C=O) groups is 1. The predicted octanol–water partition coefficient (Wildman–Crippen LogP) is 9.65. The molecule has 0 saturated carbocycles. The van der Waals surface area contributed by atoms with Crippen molar-refractivity contribution in [1.82, 2.24) is 4.90 Å². The predicted molar refractivity (Wildman–Crippen MR) is 150 cm³/mol. The zero-order chi connectivity index (χ0) is 25.0. The zero-order valence-corrected chi connectivity index (χ0v) is 22.4. The van der Waals surface area contributed by atoms with E-state index >= 15 is 0 Å². The summed E-state index contributed by atoms with van der Waals surface area (Å²) in [5.41, 5.74) is 1.10. The second-order valence-corrected chi connectivity index (χ2v) is 10.2. The molecule has 2 atom stereocenters. The van der Waals surface area contributed by atoms with Crippen LogP contribution in [0.5, 0.6) is 0 Å². The summed E-state index contributed by atoms with van der Waals surface area (Å²) in [6.07, 6.45) is 11.7. The summed E-state index contributed by atoms with van der Waals surface area (Å²) in [6, 6.07) is 19.4. The minimum Gasteiger partial charge on any atom is -0.444 e. The summed E-state index contributed by atoms with van der Waals surface area (Å²) in [6.45, 7) is 9.17. The Morgan fingerprint density at radius 3 is 1.71 bits per heavy atom. The Hall–Kier alpha value is -2.55. The number of hydrogen-bond acceptors (Lipinski definition) is 2. The number of rotatable bonds is 14. The Morgan fingerprint density at radius 1 is 0.743 bits per heavy atom. The largest absolute Gasteiger partial charge is 0.444 e. The van der Waals surface area contributed by atoms with E-state index in [1.165, 1.54) is 49.3 Å². The molecule has 3 rings (SSSR count). The molecule has 0 heterocycles. The van der Waals surface area contributed by atoms with Crippen LogP contribution in [0.15, 0.2) is 54.6 Å². The van der Waals surface area contributed by atoms with Gasteiger partial charge in [0.1, 0.15) is 6.61 Å². The number of nitrogens with zero attached hydrogens (tertiary/aromatic N) is 1. The summed E-state index contributed by atoms with van der Waals surface area (Å²) >= 11 is 0. The Morgan fingerprint density at radius 2 is 1.23 bits per heavy atom. The highest BCUT2D eigenvalue weighted by atomic mass is 16.6. The van der Waals surface area contributed by atoms with E-state index in [1.54, 1.807) is 0 Å². The maximum absolute atomic E-state index is 13.6. The van der Waals surface area contributed by atoms with Crippen LogP contribution < -0.4 is 0 Å². The van der Waals surface area contributed by atoms with Gasteiger partial charge in [0.05, 0.1) is 0 Å². The number of carbonyl (C=O) groups excluding carboxylic acids is 1. The first-order valence-electron chi connectivity index (χ1n) is 13.9.